The van der Waals surface area contributed by atoms with Gasteiger partial charge in [-0.2, -0.15) is 18.2 Å². The zero-order chi connectivity index (χ0) is 13.5. The van der Waals surface area contributed by atoms with Crippen LogP contribution >= 0.6 is 0 Å². The molecule has 0 aromatic carbocycles. The minimum Gasteiger partial charge on any atom is -0.369 e. The summed E-state index contributed by atoms with van der Waals surface area (Å²) >= 11 is 0. The van der Waals surface area contributed by atoms with Crippen molar-refractivity contribution in [1.29, 1.82) is 0 Å². The number of nitrogens with two attached hydrogens (primary N) is 1. The van der Waals surface area contributed by atoms with Crippen LogP contribution < -0.4 is 17.0 Å². The van der Waals surface area contributed by atoms with Gasteiger partial charge in [0.2, 0.25) is 5.95 Å². The van der Waals surface area contributed by atoms with Gasteiger partial charge in [0.25, 0.3) is 5.56 Å². The van der Waals surface area contributed by atoms with E-state index in [1.54, 1.807) is 0 Å². The maximum Gasteiger partial charge on any atom is 0.390 e. The van der Waals surface area contributed by atoms with Crippen LogP contribution in [0.25, 0.3) is 11.2 Å². The quantitative estimate of drug-likeness (QED) is 0.705. The summed E-state index contributed by atoms with van der Waals surface area (Å²) in [6.07, 6.45) is -5.64. The van der Waals surface area contributed by atoms with Crippen LogP contribution in [0.4, 0.5) is 19.1 Å². The maximum atomic E-state index is 12.1. The Morgan fingerprint density at radius 1 is 1.28 bits per heavy atom. The van der Waals surface area contributed by atoms with E-state index < -0.39 is 30.4 Å². The Balaban J connectivity index is 2.54. The number of halogens is 3. The average Bonchev–Trinajstić information content (AvgIpc) is 2.49. The third kappa shape index (κ3) is 2.21. The smallest absolute Gasteiger partial charge is 0.369 e. The number of hydrogen-bond acceptors (Lipinski definition) is 4. The summed E-state index contributed by atoms with van der Waals surface area (Å²) in [7, 11) is 0. The molecule has 7 nitrogen and oxygen atoms in total. The Morgan fingerprint density at radius 3 is 2.56 bits per heavy atom. The van der Waals surface area contributed by atoms with Crippen molar-refractivity contribution in [3.63, 3.8) is 0 Å². The number of nitrogens with zero attached hydrogens (tertiary/aromatic N) is 2. The second-order valence-electron chi connectivity index (χ2n) is 3.60. The van der Waals surface area contributed by atoms with Crippen LogP contribution in [-0.2, 0) is 6.54 Å². The Hall–Kier alpha value is -2.26. The third-order valence-electron chi connectivity index (χ3n) is 2.27. The Bertz CT molecular complexity index is 695. The first-order chi connectivity index (χ1) is 8.28. The van der Waals surface area contributed by atoms with Gasteiger partial charge in [-0.1, -0.05) is 0 Å². The number of anilines is 1. The van der Waals surface area contributed by atoms with Crippen LogP contribution in [0.3, 0.4) is 0 Å². The summed E-state index contributed by atoms with van der Waals surface area (Å²) in [5, 5.41) is 0. The van der Waals surface area contributed by atoms with E-state index in [2.05, 4.69) is 15.0 Å². The first kappa shape index (κ1) is 12.2. The van der Waals surface area contributed by atoms with Gasteiger partial charge >= 0.3 is 11.9 Å². The molecule has 0 fully saturated rings. The molecule has 18 heavy (non-hydrogen) atoms. The molecule has 2 aromatic heterocycles. The highest BCUT2D eigenvalue weighted by molar-refractivity contribution is 5.70. The number of alkyl halides is 3. The Labute approximate surface area is 96.4 Å². The second-order valence-corrected chi connectivity index (χ2v) is 3.60. The maximum absolute atomic E-state index is 12.1. The number of hydrogen-bond donors (Lipinski definition) is 3. The van der Waals surface area contributed by atoms with Crippen molar-refractivity contribution in [2.45, 2.75) is 19.1 Å². The van der Waals surface area contributed by atoms with Gasteiger partial charge in [0.05, 0.1) is 6.42 Å². The molecule has 0 amide bonds. The SMILES string of the molecule is Nc1nc2[nH]c(=O)n(CCC(F)(F)F)c2c(=O)[nH]1. The number of rotatable bonds is 2. The number of aryl methyl sites for hydroxylation is 1. The molecule has 0 radical (unpaired) electrons. The van der Waals surface area contributed by atoms with E-state index in [-0.39, 0.29) is 17.1 Å². The molecule has 0 saturated heterocycles. The molecule has 0 aliphatic rings. The zero-order valence-electron chi connectivity index (χ0n) is 8.84. The van der Waals surface area contributed by atoms with Gasteiger partial charge in [-0.3, -0.25) is 19.3 Å². The molecule has 0 spiro atoms. The van der Waals surface area contributed by atoms with Gasteiger partial charge in [-0.05, 0) is 0 Å². The first-order valence-corrected chi connectivity index (χ1v) is 4.83. The predicted octanol–water partition coefficient (Wildman–Crippen LogP) is -0.0525. The molecule has 0 atom stereocenters. The van der Waals surface area contributed by atoms with Crippen molar-refractivity contribution < 1.29 is 13.2 Å². The minimum absolute atomic E-state index is 0.136. The predicted molar refractivity (Wildman–Crippen MR) is 56.1 cm³/mol. The van der Waals surface area contributed by atoms with Crippen LogP contribution in [0.5, 0.6) is 0 Å². The lowest BCUT2D eigenvalue weighted by molar-refractivity contribution is -0.136. The number of fused-ring (bicyclic) bond motifs is 1. The van der Waals surface area contributed by atoms with Gasteiger partial charge in [0.1, 0.15) is 0 Å². The summed E-state index contributed by atoms with van der Waals surface area (Å²) in [4.78, 5) is 30.9. The molecule has 0 aliphatic heterocycles. The highest BCUT2D eigenvalue weighted by Crippen LogP contribution is 2.20. The van der Waals surface area contributed by atoms with E-state index >= 15 is 0 Å². The standard InChI is InChI=1S/C8H8F3N5O2/c9-8(10,11)1-2-16-3-4(14-7(16)18)13-6(12)15-5(3)17/h1-2H2,(H4,12,13,14,15,17,18). The monoisotopic (exact) mass is 263 g/mol. The lowest BCUT2D eigenvalue weighted by Crippen LogP contribution is -2.23. The normalized spacial score (nSPS) is 12.2. The second kappa shape index (κ2) is 3.89. The van der Waals surface area contributed by atoms with Crippen LogP contribution in [0.15, 0.2) is 9.59 Å². The van der Waals surface area contributed by atoms with E-state index in [0.717, 1.165) is 0 Å². The molecular formula is C8H8F3N5O2. The van der Waals surface area contributed by atoms with E-state index in [1.807, 2.05) is 0 Å². The summed E-state index contributed by atoms with van der Waals surface area (Å²) in [6, 6.07) is 0. The largest absolute Gasteiger partial charge is 0.390 e. The topological polar surface area (TPSA) is 110 Å². The molecule has 2 rings (SSSR count). The first-order valence-electron chi connectivity index (χ1n) is 4.83. The van der Waals surface area contributed by atoms with Crippen molar-refractivity contribution in [3.8, 4) is 0 Å². The molecule has 10 heteroatoms. The molecule has 2 heterocycles. The fourth-order valence-electron chi connectivity index (χ4n) is 1.54. The van der Waals surface area contributed by atoms with Crippen LogP contribution in [-0.4, -0.2) is 25.7 Å². The Kier molecular flexibility index (Phi) is 2.64. The van der Waals surface area contributed by atoms with Gasteiger partial charge in [-0.15, -0.1) is 0 Å². The zero-order valence-corrected chi connectivity index (χ0v) is 8.84. The molecule has 4 N–H and O–H groups in total. The van der Waals surface area contributed by atoms with Crippen LogP contribution in [0.1, 0.15) is 6.42 Å². The molecule has 0 aliphatic carbocycles. The lowest BCUT2D eigenvalue weighted by atomic mass is 10.4. The summed E-state index contributed by atoms with van der Waals surface area (Å²) in [6.45, 7) is -0.656. The van der Waals surface area contributed by atoms with Gasteiger partial charge in [-0.25, -0.2) is 4.79 Å². The number of aromatic amines is 2. The van der Waals surface area contributed by atoms with Crippen molar-refractivity contribution in [2.24, 2.45) is 0 Å². The van der Waals surface area contributed by atoms with E-state index in [4.69, 9.17) is 5.73 Å². The fourth-order valence-corrected chi connectivity index (χ4v) is 1.54. The molecule has 0 saturated carbocycles. The highest BCUT2D eigenvalue weighted by atomic mass is 19.4. The minimum atomic E-state index is -4.42. The summed E-state index contributed by atoms with van der Waals surface area (Å²) < 4.78 is 37.0. The van der Waals surface area contributed by atoms with Crippen molar-refractivity contribution in [3.05, 3.63) is 20.8 Å². The molecular weight excluding hydrogens is 255 g/mol. The number of H-pyrrole nitrogens is 2. The molecule has 2 aromatic rings. The summed E-state index contributed by atoms with van der Waals surface area (Å²) in [5.41, 5.74) is 3.26. The molecule has 0 bridgehead atoms. The van der Waals surface area contributed by atoms with Crippen molar-refractivity contribution in [2.75, 3.05) is 5.73 Å². The number of aromatic nitrogens is 4. The average molecular weight is 263 g/mol. The van der Waals surface area contributed by atoms with E-state index in [1.165, 1.54) is 0 Å². The number of nitrogens with one attached hydrogen (secondary N) is 2. The number of nitrogen functional groups attached to an aromatic ring is 1. The fraction of sp³-hybridized carbons (Fsp3) is 0.375. The van der Waals surface area contributed by atoms with Gasteiger partial charge in [0, 0.05) is 6.54 Å². The van der Waals surface area contributed by atoms with Gasteiger partial charge < -0.3 is 5.73 Å². The molecule has 98 valence electrons. The number of imidazole rings is 1. The van der Waals surface area contributed by atoms with Gasteiger partial charge in [0.15, 0.2) is 11.2 Å². The molecule has 0 unspecified atom stereocenters. The summed E-state index contributed by atoms with van der Waals surface area (Å²) in [5.74, 6) is -0.225. The van der Waals surface area contributed by atoms with Crippen LogP contribution in [0.2, 0.25) is 0 Å². The Morgan fingerprint density at radius 2 is 1.94 bits per heavy atom. The third-order valence-corrected chi connectivity index (χ3v) is 2.27. The highest BCUT2D eigenvalue weighted by Gasteiger charge is 2.27. The van der Waals surface area contributed by atoms with Crippen molar-refractivity contribution >= 4 is 17.1 Å². The van der Waals surface area contributed by atoms with E-state index in [9.17, 15) is 22.8 Å². The van der Waals surface area contributed by atoms with Crippen LogP contribution in [0, 0.1) is 0 Å². The lowest BCUT2D eigenvalue weighted by Gasteiger charge is -2.06. The van der Waals surface area contributed by atoms with Crippen molar-refractivity contribution in [1.82, 2.24) is 19.5 Å². The van der Waals surface area contributed by atoms with E-state index in [0.29, 0.717) is 4.57 Å².